The van der Waals surface area contributed by atoms with Gasteiger partial charge in [-0.15, -0.1) is 22.7 Å². The first-order valence-corrected chi connectivity index (χ1v) is 10.0. The molecule has 4 nitrogen and oxygen atoms in total. The molecule has 2 aromatic heterocycles. The minimum absolute atomic E-state index is 0.0136. The summed E-state index contributed by atoms with van der Waals surface area (Å²) in [7, 11) is 0. The number of carbonyl (C=O) groups excluding carboxylic acids is 1. The van der Waals surface area contributed by atoms with E-state index in [9.17, 15) is 4.79 Å². The van der Waals surface area contributed by atoms with Crippen molar-refractivity contribution in [1.29, 1.82) is 0 Å². The van der Waals surface area contributed by atoms with Crippen LogP contribution in [0, 0.1) is 0 Å². The Labute approximate surface area is 145 Å². The fraction of sp³-hybridized carbons (Fsp3) is 0.529. The smallest absolute Gasteiger partial charge is 0.270 e. The largest absolute Gasteiger partial charge is 0.348 e. The van der Waals surface area contributed by atoms with Crippen molar-refractivity contribution in [1.82, 2.24) is 15.2 Å². The molecule has 0 bridgehead atoms. The molecule has 0 aliphatic carbocycles. The van der Waals surface area contributed by atoms with Gasteiger partial charge in [-0.2, -0.15) is 0 Å². The van der Waals surface area contributed by atoms with E-state index < -0.39 is 0 Å². The molecule has 1 saturated heterocycles. The number of nitrogens with one attached hydrogen (secondary N) is 1. The number of nitrogens with zero attached hydrogens (tertiary/aromatic N) is 2. The van der Waals surface area contributed by atoms with Crippen molar-refractivity contribution in [2.24, 2.45) is 0 Å². The summed E-state index contributed by atoms with van der Waals surface area (Å²) in [6.45, 7) is 5.25. The van der Waals surface area contributed by atoms with Crippen LogP contribution < -0.4 is 5.32 Å². The van der Waals surface area contributed by atoms with E-state index in [2.05, 4.69) is 39.6 Å². The zero-order valence-corrected chi connectivity index (χ0v) is 15.1. The van der Waals surface area contributed by atoms with Gasteiger partial charge >= 0.3 is 0 Å². The zero-order chi connectivity index (χ0) is 16.1. The number of hydrogen-bond acceptors (Lipinski definition) is 5. The Kier molecular flexibility index (Phi) is 5.80. The second-order valence-corrected chi connectivity index (χ2v) is 7.95. The van der Waals surface area contributed by atoms with Gasteiger partial charge in [-0.05, 0) is 37.1 Å². The predicted molar refractivity (Wildman–Crippen MR) is 96.2 cm³/mol. The fourth-order valence-electron chi connectivity index (χ4n) is 2.86. The van der Waals surface area contributed by atoms with Crippen LogP contribution >= 0.6 is 22.7 Å². The monoisotopic (exact) mass is 349 g/mol. The van der Waals surface area contributed by atoms with Gasteiger partial charge in [0.25, 0.3) is 5.91 Å². The van der Waals surface area contributed by atoms with Crippen LogP contribution in [0.1, 0.15) is 46.6 Å². The van der Waals surface area contributed by atoms with Gasteiger partial charge in [0.2, 0.25) is 0 Å². The van der Waals surface area contributed by atoms with Crippen molar-refractivity contribution >= 4 is 28.6 Å². The third kappa shape index (κ3) is 4.62. The molecule has 0 aromatic carbocycles. The van der Waals surface area contributed by atoms with Gasteiger partial charge in [-0.1, -0.05) is 13.0 Å². The highest BCUT2D eigenvalue weighted by Crippen LogP contribution is 2.18. The van der Waals surface area contributed by atoms with E-state index in [1.54, 1.807) is 11.3 Å². The van der Waals surface area contributed by atoms with Crippen molar-refractivity contribution in [2.75, 3.05) is 13.1 Å². The maximum Gasteiger partial charge on any atom is 0.270 e. The number of rotatable bonds is 6. The summed E-state index contributed by atoms with van der Waals surface area (Å²) in [4.78, 5) is 20.6. The lowest BCUT2D eigenvalue weighted by atomic mass is 10.0. The highest BCUT2D eigenvalue weighted by Gasteiger charge is 2.22. The number of hydrogen-bond donors (Lipinski definition) is 1. The molecule has 0 unspecified atom stereocenters. The summed E-state index contributed by atoms with van der Waals surface area (Å²) in [6.07, 6.45) is 4.06. The zero-order valence-electron chi connectivity index (χ0n) is 13.5. The van der Waals surface area contributed by atoms with Crippen molar-refractivity contribution in [3.8, 4) is 0 Å². The molecular weight excluding hydrogens is 326 g/mol. The first kappa shape index (κ1) is 16.6. The van der Waals surface area contributed by atoms with Gasteiger partial charge in [0.1, 0.15) is 5.69 Å². The van der Waals surface area contributed by atoms with Crippen LogP contribution in [-0.4, -0.2) is 34.9 Å². The van der Waals surface area contributed by atoms with E-state index >= 15 is 0 Å². The van der Waals surface area contributed by atoms with Crippen molar-refractivity contribution in [2.45, 2.75) is 45.2 Å². The average Bonchev–Trinajstić information content (AvgIpc) is 3.21. The Morgan fingerprint density at radius 3 is 2.91 bits per heavy atom. The van der Waals surface area contributed by atoms with Gasteiger partial charge in [0.15, 0.2) is 0 Å². The summed E-state index contributed by atoms with van der Waals surface area (Å²) in [5.41, 5.74) is 0.583. The fourth-order valence-corrected chi connectivity index (χ4v) is 4.49. The van der Waals surface area contributed by atoms with Gasteiger partial charge < -0.3 is 5.32 Å². The Morgan fingerprint density at radius 1 is 1.39 bits per heavy atom. The van der Waals surface area contributed by atoms with E-state index in [1.165, 1.54) is 4.88 Å². The quantitative estimate of drug-likeness (QED) is 0.867. The molecule has 0 atom stereocenters. The van der Waals surface area contributed by atoms with Crippen LogP contribution in [0.15, 0.2) is 22.9 Å². The summed E-state index contributed by atoms with van der Waals surface area (Å²) in [6, 6.07) is 4.57. The topological polar surface area (TPSA) is 45.2 Å². The van der Waals surface area contributed by atoms with Gasteiger partial charge in [0.05, 0.1) is 5.01 Å². The van der Waals surface area contributed by atoms with Crippen LogP contribution in [0.3, 0.4) is 0 Å². The summed E-state index contributed by atoms with van der Waals surface area (Å²) in [5.74, 6) is -0.0136. The van der Waals surface area contributed by atoms with Crippen molar-refractivity contribution in [3.63, 3.8) is 0 Å². The molecule has 0 radical (unpaired) electrons. The Bertz CT molecular complexity index is 616. The number of likely N-dealkylation sites (tertiary alicyclic amines) is 1. The molecule has 0 saturated carbocycles. The number of piperidine rings is 1. The van der Waals surface area contributed by atoms with E-state index in [0.29, 0.717) is 5.69 Å². The Hall–Kier alpha value is -1.24. The molecule has 2 aromatic rings. The summed E-state index contributed by atoms with van der Waals surface area (Å²) in [5, 5.41) is 8.22. The van der Waals surface area contributed by atoms with Crippen LogP contribution in [0.5, 0.6) is 0 Å². The standard InChI is InChI=1S/C17H23N3OS2/c1-2-4-16-19-15(12-23-16)17(21)18-13-6-8-20(9-7-13)11-14-5-3-10-22-14/h3,5,10,12-13H,2,4,6-9,11H2,1H3,(H,18,21). The third-order valence-corrected chi connectivity index (χ3v) is 5.90. The average molecular weight is 350 g/mol. The molecule has 3 heterocycles. The minimum Gasteiger partial charge on any atom is -0.348 e. The SMILES string of the molecule is CCCc1nc(C(=O)NC2CCN(Cc3cccs3)CC2)cs1. The molecular formula is C17H23N3OS2. The normalized spacial score (nSPS) is 16.6. The van der Waals surface area contributed by atoms with Gasteiger partial charge in [0, 0.05) is 35.9 Å². The molecule has 1 N–H and O–H groups in total. The van der Waals surface area contributed by atoms with E-state index in [4.69, 9.17) is 0 Å². The number of thiophene rings is 1. The molecule has 3 rings (SSSR count). The van der Waals surface area contributed by atoms with Gasteiger partial charge in [-0.3, -0.25) is 9.69 Å². The lowest BCUT2D eigenvalue weighted by Crippen LogP contribution is -2.44. The second-order valence-electron chi connectivity index (χ2n) is 5.98. The highest BCUT2D eigenvalue weighted by atomic mass is 32.1. The molecule has 6 heteroatoms. The number of carbonyl (C=O) groups is 1. The minimum atomic E-state index is -0.0136. The van der Waals surface area contributed by atoms with Crippen molar-refractivity contribution in [3.05, 3.63) is 38.5 Å². The molecule has 1 aliphatic rings. The van der Waals surface area contributed by atoms with Gasteiger partial charge in [-0.25, -0.2) is 4.98 Å². The van der Waals surface area contributed by atoms with E-state index in [-0.39, 0.29) is 11.9 Å². The maximum absolute atomic E-state index is 12.3. The number of aryl methyl sites for hydroxylation is 1. The lowest BCUT2D eigenvalue weighted by Gasteiger charge is -2.31. The maximum atomic E-state index is 12.3. The Balaban J connectivity index is 1.45. The molecule has 0 spiro atoms. The van der Waals surface area contributed by atoms with E-state index in [1.807, 2.05) is 16.7 Å². The molecule has 1 aliphatic heterocycles. The lowest BCUT2D eigenvalue weighted by molar-refractivity contribution is 0.0904. The van der Waals surface area contributed by atoms with Crippen LogP contribution in [0.25, 0.3) is 0 Å². The number of thiazole rings is 1. The third-order valence-electron chi connectivity index (χ3n) is 4.13. The predicted octanol–water partition coefficient (Wildman–Crippen LogP) is 3.55. The van der Waals surface area contributed by atoms with Crippen LogP contribution in [-0.2, 0) is 13.0 Å². The first-order valence-electron chi connectivity index (χ1n) is 8.24. The first-order chi connectivity index (χ1) is 11.2. The molecule has 1 fully saturated rings. The van der Waals surface area contributed by atoms with E-state index in [0.717, 1.165) is 50.3 Å². The van der Waals surface area contributed by atoms with Crippen LogP contribution in [0.4, 0.5) is 0 Å². The highest BCUT2D eigenvalue weighted by molar-refractivity contribution is 7.10. The Morgan fingerprint density at radius 2 is 2.22 bits per heavy atom. The summed E-state index contributed by atoms with van der Waals surface area (Å²) < 4.78 is 0. The van der Waals surface area contributed by atoms with Crippen LogP contribution in [0.2, 0.25) is 0 Å². The number of amides is 1. The second kappa shape index (κ2) is 8.04. The van der Waals surface area contributed by atoms with Crippen molar-refractivity contribution < 1.29 is 4.79 Å². The number of aromatic nitrogens is 1. The molecule has 1 amide bonds. The molecule has 23 heavy (non-hydrogen) atoms. The molecule has 124 valence electrons. The summed E-state index contributed by atoms with van der Waals surface area (Å²) >= 11 is 3.40.